The van der Waals surface area contributed by atoms with Crippen LogP contribution in [0.2, 0.25) is 0 Å². The lowest BCUT2D eigenvalue weighted by Crippen LogP contribution is -2.09. The average Bonchev–Trinajstić information content (AvgIpc) is 2.38. The van der Waals surface area contributed by atoms with Crippen molar-refractivity contribution in [2.24, 2.45) is 0 Å². The van der Waals surface area contributed by atoms with Crippen molar-refractivity contribution in [3.63, 3.8) is 0 Å². The Kier molecular flexibility index (Phi) is 3.63. The van der Waals surface area contributed by atoms with Crippen molar-refractivity contribution >= 4 is 5.69 Å². The van der Waals surface area contributed by atoms with Gasteiger partial charge in [0.15, 0.2) is 0 Å². The molecule has 1 unspecified atom stereocenters. The Morgan fingerprint density at radius 2 is 1.78 bits per heavy atom. The maximum absolute atomic E-state index is 10.3. The number of hydrogen-bond acceptors (Lipinski definition) is 3. The first-order valence-corrected chi connectivity index (χ1v) is 5.95. The molecule has 2 rings (SSSR count). The summed E-state index contributed by atoms with van der Waals surface area (Å²) in [5.41, 5.74) is 3.91. The smallest absolute Gasteiger partial charge is 0.106 e. The first kappa shape index (κ1) is 12.6. The minimum atomic E-state index is -0.616. The summed E-state index contributed by atoms with van der Waals surface area (Å²) in [6, 6.07) is 9.82. The van der Waals surface area contributed by atoms with Crippen LogP contribution in [0.4, 0.5) is 5.69 Å². The monoisotopic (exact) mass is 242 g/mol. The number of aryl methyl sites for hydroxylation is 1. The maximum Gasteiger partial charge on any atom is 0.106 e. The Morgan fingerprint density at radius 1 is 1.11 bits per heavy atom. The second kappa shape index (κ2) is 5.19. The average molecular weight is 242 g/mol. The van der Waals surface area contributed by atoms with Crippen LogP contribution >= 0.6 is 0 Å². The number of nitrogens with zero attached hydrogens (tertiary/aromatic N) is 2. The van der Waals surface area contributed by atoms with Gasteiger partial charge in [0.2, 0.25) is 0 Å². The molecule has 1 N–H and O–H groups in total. The molecule has 1 aromatic carbocycles. The fourth-order valence-corrected chi connectivity index (χ4v) is 1.90. The molecule has 94 valence electrons. The molecule has 1 atom stereocenters. The van der Waals surface area contributed by atoms with Gasteiger partial charge in [-0.25, -0.2) is 0 Å². The second-order valence-corrected chi connectivity index (χ2v) is 4.62. The summed E-state index contributed by atoms with van der Waals surface area (Å²) in [6.07, 6.45) is 2.84. The highest BCUT2D eigenvalue weighted by atomic mass is 16.3. The number of rotatable bonds is 3. The topological polar surface area (TPSA) is 36.4 Å². The molecule has 1 aromatic heterocycles. The molecule has 0 saturated carbocycles. The predicted octanol–water partition coefficient (Wildman–Crippen LogP) is 2.54. The van der Waals surface area contributed by atoms with Gasteiger partial charge in [0.1, 0.15) is 6.10 Å². The summed E-state index contributed by atoms with van der Waals surface area (Å²) < 4.78 is 0. The fourth-order valence-electron chi connectivity index (χ4n) is 1.90. The Labute approximate surface area is 108 Å². The van der Waals surface area contributed by atoms with Gasteiger partial charge in [-0.2, -0.15) is 0 Å². The van der Waals surface area contributed by atoms with Crippen LogP contribution in [0, 0.1) is 6.92 Å². The van der Waals surface area contributed by atoms with Gasteiger partial charge < -0.3 is 10.0 Å². The molecule has 3 heteroatoms. The zero-order chi connectivity index (χ0) is 13.1. The van der Waals surface area contributed by atoms with E-state index in [1.807, 2.05) is 56.3 Å². The zero-order valence-corrected chi connectivity index (χ0v) is 11.0. The second-order valence-electron chi connectivity index (χ2n) is 4.62. The lowest BCUT2D eigenvalue weighted by atomic mass is 9.99. The Bertz CT molecular complexity index is 520. The molecule has 2 aromatic rings. The van der Waals surface area contributed by atoms with E-state index in [2.05, 4.69) is 4.98 Å². The summed E-state index contributed by atoms with van der Waals surface area (Å²) in [6.45, 7) is 1.98. The largest absolute Gasteiger partial charge is 0.384 e. The minimum absolute atomic E-state index is 0.616. The summed E-state index contributed by atoms with van der Waals surface area (Å²) in [7, 11) is 3.99. The third kappa shape index (κ3) is 2.51. The summed E-state index contributed by atoms with van der Waals surface area (Å²) in [5.74, 6) is 0. The summed E-state index contributed by atoms with van der Waals surface area (Å²) >= 11 is 0. The van der Waals surface area contributed by atoms with E-state index in [9.17, 15) is 5.11 Å². The molecule has 0 aliphatic rings. The lowest BCUT2D eigenvalue weighted by Gasteiger charge is -2.16. The molecule has 0 radical (unpaired) electrons. The van der Waals surface area contributed by atoms with Gasteiger partial charge in [0.25, 0.3) is 0 Å². The van der Waals surface area contributed by atoms with E-state index in [1.54, 1.807) is 12.4 Å². The zero-order valence-electron chi connectivity index (χ0n) is 11.0. The molecular weight excluding hydrogens is 224 g/mol. The third-order valence-corrected chi connectivity index (χ3v) is 3.10. The van der Waals surface area contributed by atoms with E-state index < -0.39 is 6.10 Å². The van der Waals surface area contributed by atoms with Crippen molar-refractivity contribution in [2.75, 3.05) is 19.0 Å². The van der Waals surface area contributed by atoms with Crippen LogP contribution in [0.1, 0.15) is 22.8 Å². The van der Waals surface area contributed by atoms with E-state index in [0.29, 0.717) is 0 Å². The van der Waals surface area contributed by atoms with Crippen LogP contribution in [-0.2, 0) is 0 Å². The molecule has 0 bridgehead atoms. The highest BCUT2D eigenvalue weighted by Gasteiger charge is 2.12. The third-order valence-electron chi connectivity index (χ3n) is 3.10. The standard InChI is InChI=1S/C15H18N2O/c1-11-8-9-16-10-14(11)15(18)12-4-6-13(7-5-12)17(2)3/h4-10,15,18H,1-3H3. The van der Waals surface area contributed by atoms with Crippen LogP contribution in [0.5, 0.6) is 0 Å². The van der Waals surface area contributed by atoms with Crippen molar-refractivity contribution in [2.45, 2.75) is 13.0 Å². The van der Waals surface area contributed by atoms with Gasteiger partial charge in [-0.1, -0.05) is 12.1 Å². The van der Waals surface area contributed by atoms with Gasteiger partial charge in [0, 0.05) is 37.7 Å². The fraction of sp³-hybridized carbons (Fsp3) is 0.267. The quantitative estimate of drug-likeness (QED) is 0.898. The van der Waals surface area contributed by atoms with Crippen molar-refractivity contribution in [1.29, 1.82) is 0 Å². The molecule has 0 aliphatic carbocycles. The first-order valence-electron chi connectivity index (χ1n) is 5.95. The molecule has 0 aliphatic heterocycles. The highest BCUT2D eigenvalue weighted by Crippen LogP contribution is 2.25. The van der Waals surface area contributed by atoms with Crippen molar-refractivity contribution in [3.05, 3.63) is 59.4 Å². The maximum atomic E-state index is 10.3. The molecule has 1 heterocycles. The lowest BCUT2D eigenvalue weighted by molar-refractivity contribution is 0.219. The number of pyridine rings is 1. The van der Waals surface area contributed by atoms with E-state index in [-0.39, 0.29) is 0 Å². The van der Waals surface area contributed by atoms with Gasteiger partial charge in [-0.3, -0.25) is 4.98 Å². The van der Waals surface area contributed by atoms with Gasteiger partial charge >= 0.3 is 0 Å². The number of anilines is 1. The van der Waals surface area contributed by atoms with Crippen molar-refractivity contribution in [1.82, 2.24) is 4.98 Å². The van der Waals surface area contributed by atoms with Crippen LogP contribution in [0.15, 0.2) is 42.7 Å². The van der Waals surface area contributed by atoms with Crippen LogP contribution in [0.25, 0.3) is 0 Å². The predicted molar refractivity (Wildman–Crippen MR) is 73.8 cm³/mol. The Hall–Kier alpha value is -1.87. The van der Waals surface area contributed by atoms with Crippen LogP contribution in [-0.4, -0.2) is 24.2 Å². The highest BCUT2D eigenvalue weighted by molar-refractivity contribution is 5.47. The van der Waals surface area contributed by atoms with E-state index in [4.69, 9.17) is 0 Å². The SMILES string of the molecule is Cc1ccncc1C(O)c1ccc(N(C)C)cc1. The molecular formula is C15H18N2O. The first-order chi connectivity index (χ1) is 8.59. The molecule has 0 spiro atoms. The number of benzene rings is 1. The minimum Gasteiger partial charge on any atom is -0.384 e. The van der Waals surface area contributed by atoms with Crippen molar-refractivity contribution < 1.29 is 5.11 Å². The van der Waals surface area contributed by atoms with E-state index >= 15 is 0 Å². The van der Waals surface area contributed by atoms with Crippen LogP contribution < -0.4 is 4.90 Å². The number of hydrogen-bond donors (Lipinski definition) is 1. The molecule has 18 heavy (non-hydrogen) atoms. The Balaban J connectivity index is 2.29. The normalized spacial score (nSPS) is 12.2. The molecule has 0 fully saturated rings. The van der Waals surface area contributed by atoms with Gasteiger partial charge in [-0.05, 0) is 36.2 Å². The van der Waals surface area contributed by atoms with Crippen LogP contribution in [0.3, 0.4) is 0 Å². The number of aliphatic hydroxyl groups excluding tert-OH is 1. The number of aliphatic hydroxyl groups is 1. The molecule has 3 nitrogen and oxygen atoms in total. The van der Waals surface area contributed by atoms with E-state index in [1.165, 1.54) is 0 Å². The summed E-state index contributed by atoms with van der Waals surface area (Å²) in [5, 5.41) is 10.3. The summed E-state index contributed by atoms with van der Waals surface area (Å²) in [4.78, 5) is 6.10. The van der Waals surface area contributed by atoms with E-state index in [0.717, 1.165) is 22.4 Å². The van der Waals surface area contributed by atoms with Gasteiger partial charge in [-0.15, -0.1) is 0 Å². The van der Waals surface area contributed by atoms with Gasteiger partial charge in [0.05, 0.1) is 0 Å². The Morgan fingerprint density at radius 3 is 2.33 bits per heavy atom. The molecule has 0 amide bonds. The number of aromatic nitrogens is 1. The van der Waals surface area contributed by atoms with Crippen molar-refractivity contribution in [3.8, 4) is 0 Å². The molecule has 0 saturated heterocycles.